The molecule has 1 aliphatic heterocycles. The molecule has 4 nitrogen and oxygen atoms in total. The van der Waals surface area contributed by atoms with E-state index in [-0.39, 0.29) is 22.8 Å². The van der Waals surface area contributed by atoms with Crippen molar-refractivity contribution in [1.82, 2.24) is 5.06 Å². The Labute approximate surface area is 103 Å². The standard InChI is InChI=1S/C13H23NO3/c1-9(2)11(15)10-7-12(3,4)14(17-16)13(5,6)8-10/h10,16H,1,7-8H2,2-6H3. The maximum Gasteiger partial charge on any atom is 0.161 e. The molecule has 1 fully saturated rings. The van der Waals surface area contributed by atoms with E-state index in [0.717, 1.165) is 0 Å². The highest BCUT2D eigenvalue weighted by Crippen LogP contribution is 2.42. The molecule has 98 valence electrons. The average Bonchev–Trinajstić information content (AvgIpc) is 2.13. The van der Waals surface area contributed by atoms with Crippen molar-refractivity contribution in [2.45, 2.75) is 58.5 Å². The molecule has 1 aliphatic rings. The molecule has 1 heterocycles. The number of piperidine rings is 1. The number of allylic oxidation sites excluding steroid dienone is 1. The summed E-state index contributed by atoms with van der Waals surface area (Å²) in [6.45, 7) is 13.3. The van der Waals surface area contributed by atoms with Crippen molar-refractivity contribution >= 4 is 5.78 Å². The summed E-state index contributed by atoms with van der Waals surface area (Å²) in [6.07, 6.45) is 1.31. The van der Waals surface area contributed by atoms with Crippen LogP contribution in [0, 0.1) is 5.92 Å². The fourth-order valence-electron chi connectivity index (χ4n) is 3.02. The lowest BCUT2D eigenvalue weighted by atomic mass is 9.73. The van der Waals surface area contributed by atoms with E-state index in [0.29, 0.717) is 18.4 Å². The number of carbonyl (C=O) groups excluding carboxylic acids is 1. The Morgan fingerprint density at radius 2 is 1.71 bits per heavy atom. The van der Waals surface area contributed by atoms with Gasteiger partial charge in [0.15, 0.2) is 5.78 Å². The fraction of sp³-hybridized carbons (Fsp3) is 0.769. The summed E-state index contributed by atoms with van der Waals surface area (Å²) in [6, 6.07) is 0. The summed E-state index contributed by atoms with van der Waals surface area (Å²) < 4.78 is 0. The highest BCUT2D eigenvalue weighted by Gasteiger charge is 2.48. The summed E-state index contributed by atoms with van der Waals surface area (Å²) in [4.78, 5) is 16.6. The van der Waals surface area contributed by atoms with Gasteiger partial charge >= 0.3 is 0 Å². The first kappa shape index (κ1) is 14.4. The Hall–Kier alpha value is -0.710. The number of Topliss-reactive ketones (excluding diaryl/α,β-unsaturated/α-hetero) is 1. The third-order valence-corrected chi connectivity index (χ3v) is 3.46. The first-order chi connectivity index (χ1) is 7.62. The minimum absolute atomic E-state index is 0.0519. The number of rotatable bonds is 3. The first-order valence-corrected chi connectivity index (χ1v) is 5.93. The minimum Gasteiger partial charge on any atom is -0.294 e. The van der Waals surface area contributed by atoms with Crippen molar-refractivity contribution in [2.75, 3.05) is 0 Å². The van der Waals surface area contributed by atoms with Crippen LogP contribution in [0.15, 0.2) is 12.2 Å². The second kappa shape index (κ2) is 4.52. The highest BCUT2D eigenvalue weighted by atomic mass is 17.2. The normalized spacial score (nSPS) is 24.6. The van der Waals surface area contributed by atoms with Gasteiger partial charge in [-0.15, -0.1) is 10.1 Å². The zero-order valence-corrected chi connectivity index (χ0v) is 11.4. The van der Waals surface area contributed by atoms with Gasteiger partial charge in [-0.1, -0.05) is 6.58 Å². The van der Waals surface area contributed by atoms with Gasteiger partial charge in [0, 0.05) is 17.0 Å². The first-order valence-electron chi connectivity index (χ1n) is 5.93. The summed E-state index contributed by atoms with van der Waals surface area (Å²) in [5, 5.41) is 10.6. The van der Waals surface area contributed by atoms with Crippen molar-refractivity contribution in [1.29, 1.82) is 0 Å². The van der Waals surface area contributed by atoms with Crippen LogP contribution >= 0.6 is 0 Å². The SMILES string of the molecule is C=C(C)C(=O)C1CC(C)(C)N(OO)C(C)(C)C1. The summed E-state index contributed by atoms with van der Waals surface area (Å²) >= 11 is 0. The number of hydroxylamine groups is 2. The van der Waals surface area contributed by atoms with E-state index >= 15 is 0 Å². The van der Waals surface area contributed by atoms with Gasteiger partial charge in [-0.3, -0.25) is 4.79 Å². The molecule has 1 N–H and O–H groups in total. The van der Waals surface area contributed by atoms with E-state index in [1.165, 1.54) is 0 Å². The monoisotopic (exact) mass is 241 g/mol. The van der Waals surface area contributed by atoms with Crippen LogP contribution in [0.25, 0.3) is 0 Å². The topological polar surface area (TPSA) is 49.8 Å². The molecule has 1 saturated heterocycles. The lowest BCUT2D eigenvalue weighted by molar-refractivity contribution is -0.454. The zero-order chi connectivity index (χ0) is 13.4. The average molecular weight is 241 g/mol. The van der Waals surface area contributed by atoms with E-state index in [1.807, 2.05) is 27.7 Å². The van der Waals surface area contributed by atoms with Crippen molar-refractivity contribution in [2.24, 2.45) is 5.92 Å². The quantitative estimate of drug-likeness (QED) is 0.469. The van der Waals surface area contributed by atoms with Crippen LogP contribution in [0.1, 0.15) is 47.5 Å². The molecule has 4 heteroatoms. The van der Waals surface area contributed by atoms with Crippen LogP contribution in [0.5, 0.6) is 0 Å². The van der Waals surface area contributed by atoms with Gasteiger partial charge < -0.3 is 0 Å². The molecule has 17 heavy (non-hydrogen) atoms. The molecule has 0 radical (unpaired) electrons. The van der Waals surface area contributed by atoms with Crippen molar-refractivity contribution in [3.8, 4) is 0 Å². The number of carbonyl (C=O) groups is 1. The maximum atomic E-state index is 12.0. The second-order valence-corrected chi connectivity index (χ2v) is 6.25. The minimum atomic E-state index is -0.383. The van der Waals surface area contributed by atoms with Crippen LogP contribution < -0.4 is 0 Å². The molecule has 0 saturated carbocycles. The fourth-order valence-corrected chi connectivity index (χ4v) is 3.02. The third kappa shape index (κ3) is 2.76. The Morgan fingerprint density at radius 3 is 2.00 bits per heavy atom. The Bertz CT molecular complexity index is 316. The Balaban J connectivity index is 2.99. The van der Waals surface area contributed by atoms with E-state index in [4.69, 9.17) is 5.26 Å². The van der Waals surface area contributed by atoms with Gasteiger partial charge in [0.1, 0.15) is 0 Å². The molecule has 0 aromatic rings. The molecule has 0 atom stereocenters. The summed E-state index contributed by atoms with van der Waals surface area (Å²) in [5.41, 5.74) is -0.168. The molecular formula is C13H23NO3. The van der Waals surface area contributed by atoms with Crippen molar-refractivity contribution in [3.63, 3.8) is 0 Å². The summed E-state index contributed by atoms with van der Waals surface area (Å²) in [5.74, 6) is 0.0626. The van der Waals surface area contributed by atoms with Gasteiger partial charge in [-0.25, -0.2) is 5.26 Å². The molecule has 0 aromatic heterocycles. The molecule has 0 amide bonds. The van der Waals surface area contributed by atoms with Crippen LogP contribution in [0.3, 0.4) is 0 Å². The van der Waals surface area contributed by atoms with E-state index in [2.05, 4.69) is 11.6 Å². The Morgan fingerprint density at radius 1 is 1.29 bits per heavy atom. The predicted molar refractivity (Wildman–Crippen MR) is 66.3 cm³/mol. The number of ketones is 1. The van der Waals surface area contributed by atoms with Gasteiger partial charge in [-0.05, 0) is 53.0 Å². The van der Waals surface area contributed by atoms with Gasteiger partial charge in [0.2, 0.25) is 0 Å². The lowest BCUT2D eigenvalue weighted by Gasteiger charge is -2.51. The second-order valence-electron chi connectivity index (χ2n) is 6.25. The molecule has 0 aliphatic carbocycles. The predicted octanol–water partition coefficient (Wildman–Crippen LogP) is 2.81. The number of hydrogen-bond donors (Lipinski definition) is 1. The Kier molecular flexibility index (Phi) is 3.81. The van der Waals surface area contributed by atoms with Crippen molar-refractivity contribution < 1.29 is 15.0 Å². The third-order valence-electron chi connectivity index (χ3n) is 3.46. The van der Waals surface area contributed by atoms with Crippen LogP contribution in [0.2, 0.25) is 0 Å². The lowest BCUT2D eigenvalue weighted by Crippen LogP contribution is -2.60. The van der Waals surface area contributed by atoms with Gasteiger partial charge in [-0.2, -0.15) is 0 Å². The number of hydrogen-bond acceptors (Lipinski definition) is 4. The molecule has 0 unspecified atom stereocenters. The van der Waals surface area contributed by atoms with E-state index in [1.54, 1.807) is 12.0 Å². The molecule has 0 spiro atoms. The van der Waals surface area contributed by atoms with Crippen molar-refractivity contribution in [3.05, 3.63) is 12.2 Å². The van der Waals surface area contributed by atoms with Crippen LogP contribution in [-0.2, 0) is 9.78 Å². The van der Waals surface area contributed by atoms with Gasteiger partial charge in [0.25, 0.3) is 0 Å². The largest absolute Gasteiger partial charge is 0.294 e. The summed E-state index contributed by atoms with van der Waals surface area (Å²) in [7, 11) is 0. The van der Waals surface area contributed by atoms with Crippen LogP contribution in [-0.4, -0.2) is 27.2 Å². The molecule has 0 bridgehead atoms. The smallest absolute Gasteiger partial charge is 0.161 e. The molecular weight excluding hydrogens is 218 g/mol. The highest BCUT2D eigenvalue weighted by molar-refractivity contribution is 5.96. The number of nitrogens with zero attached hydrogens (tertiary/aromatic N) is 1. The van der Waals surface area contributed by atoms with E-state index < -0.39 is 0 Å². The van der Waals surface area contributed by atoms with E-state index in [9.17, 15) is 4.79 Å². The van der Waals surface area contributed by atoms with Crippen LogP contribution in [0.4, 0.5) is 0 Å². The molecule has 0 aromatic carbocycles. The molecule has 1 rings (SSSR count). The zero-order valence-electron chi connectivity index (χ0n) is 11.4. The van der Waals surface area contributed by atoms with Gasteiger partial charge in [0.05, 0.1) is 0 Å². The maximum absolute atomic E-state index is 12.0.